The molecule has 130 valence electrons. The number of anilines is 3. The summed E-state index contributed by atoms with van der Waals surface area (Å²) in [6, 6.07) is 8.55. The van der Waals surface area contributed by atoms with Crippen LogP contribution in [0.25, 0.3) is 0 Å². The van der Waals surface area contributed by atoms with Crippen molar-refractivity contribution < 1.29 is 18.8 Å². The third kappa shape index (κ3) is 5.13. The number of amides is 3. The molecule has 0 atom stereocenters. The smallest absolute Gasteiger partial charge is 0.255 e. The SMILES string of the molecule is CC(=O)Nc1cc(NC(C)=O)cc(C(=O)Nc2ccc(F)cc2C)c1. The number of rotatable bonds is 4. The van der Waals surface area contributed by atoms with Gasteiger partial charge in [0, 0.05) is 36.5 Å². The Labute approximate surface area is 144 Å². The van der Waals surface area contributed by atoms with E-state index >= 15 is 0 Å². The molecule has 0 radical (unpaired) electrons. The molecule has 3 N–H and O–H groups in total. The van der Waals surface area contributed by atoms with E-state index in [1.165, 1.54) is 44.2 Å². The first kappa shape index (κ1) is 18.1. The Hall–Kier alpha value is -3.22. The van der Waals surface area contributed by atoms with Crippen molar-refractivity contribution in [3.8, 4) is 0 Å². The standard InChI is InChI=1S/C18H18FN3O3/c1-10-6-14(19)4-5-17(10)22-18(25)13-7-15(20-11(2)23)9-16(8-13)21-12(3)24/h4-9H,1-3H3,(H,20,23)(H,21,24)(H,22,25). The largest absolute Gasteiger partial charge is 0.326 e. The molecule has 0 saturated carbocycles. The number of halogens is 1. The summed E-state index contributed by atoms with van der Waals surface area (Å²) in [5.41, 5.74) is 2.03. The van der Waals surface area contributed by atoms with Crippen LogP contribution in [0.5, 0.6) is 0 Å². The lowest BCUT2D eigenvalue weighted by Gasteiger charge is -2.12. The van der Waals surface area contributed by atoms with Crippen LogP contribution in [-0.2, 0) is 9.59 Å². The fourth-order valence-corrected chi connectivity index (χ4v) is 2.27. The van der Waals surface area contributed by atoms with Crippen molar-refractivity contribution in [2.45, 2.75) is 20.8 Å². The zero-order valence-corrected chi connectivity index (χ0v) is 14.1. The lowest BCUT2D eigenvalue weighted by Crippen LogP contribution is -2.15. The fourth-order valence-electron chi connectivity index (χ4n) is 2.27. The zero-order valence-electron chi connectivity index (χ0n) is 14.1. The van der Waals surface area contributed by atoms with Gasteiger partial charge in [0.2, 0.25) is 11.8 Å². The Morgan fingerprint density at radius 2 is 1.40 bits per heavy atom. The zero-order chi connectivity index (χ0) is 18.6. The molecule has 0 aliphatic rings. The van der Waals surface area contributed by atoms with Gasteiger partial charge in [-0.25, -0.2) is 4.39 Å². The summed E-state index contributed by atoms with van der Waals surface area (Å²) in [4.78, 5) is 35.0. The van der Waals surface area contributed by atoms with Crippen LogP contribution in [0.2, 0.25) is 0 Å². The Bertz CT molecular complexity index is 815. The van der Waals surface area contributed by atoms with Gasteiger partial charge in [-0.1, -0.05) is 0 Å². The van der Waals surface area contributed by atoms with E-state index in [-0.39, 0.29) is 17.4 Å². The molecule has 0 heterocycles. The maximum absolute atomic E-state index is 13.2. The normalized spacial score (nSPS) is 10.1. The van der Waals surface area contributed by atoms with Gasteiger partial charge in [-0.15, -0.1) is 0 Å². The van der Waals surface area contributed by atoms with E-state index in [0.29, 0.717) is 22.6 Å². The van der Waals surface area contributed by atoms with Gasteiger partial charge in [0.05, 0.1) is 0 Å². The number of hydrogen-bond acceptors (Lipinski definition) is 3. The maximum Gasteiger partial charge on any atom is 0.255 e. The van der Waals surface area contributed by atoms with Gasteiger partial charge in [-0.2, -0.15) is 0 Å². The van der Waals surface area contributed by atoms with Gasteiger partial charge in [-0.05, 0) is 48.9 Å². The average molecular weight is 343 g/mol. The summed E-state index contributed by atoms with van der Waals surface area (Å²) in [6.45, 7) is 4.36. The third-order valence-electron chi connectivity index (χ3n) is 3.27. The molecule has 6 nitrogen and oxygen atoms in total. The van der Waals surface area contributed by atoms with Crippen molar-refractivity contribution >= 4 is 34.8 Å². The first-order valence-corrected chi connectivity index (χ1v) is 7.52. The van der Waals surface area contributed by atoms with Gasteiger partial charge in [0.25, 0.3) is 5.91 Å². The number of carbonyl (C=O) groups is 3. The molecule has 2 aromatic rings. The van der Waals surface area contributed by atoms with Crippen LogP contribution in [0.15, 0.2) is 36.4 Å². The molecule has 0 aromatic heterocycles. The first-order valence-electron chi connectivity index (χ1n) is 7.52. The molecule has 7 heteroatoms. The van der Waals surface area contributed by atoms with Crippen LogP contribution in [0.4, 0.5) is 21.5 Å². The van der Waals surface area contributed by atoms with Crippen molar-refractivity contribution in [2.24, 2.45) is 0 Å². The Balaban J connectivity index is 2.33. The highest BCUT2D eigenvalue weighted by Crippen LogP contribution is 2.22. The molecule has 0 aliphatic carbocycles. The number of hydrogen-bond donors (Lipinski definition) is 3. The Morgan fingerprint density at radius 1 is 0.840 bits per heavy atom. The summed E-state index contributed by atoms with van der Waals surface area (Å²) < 4.78 is 13.2. The van der Waals surface area contributed by atoms with Gasteiger partial charge in [-0.3, -0.25) is 14.4 Å². The van der Waals surface area contributed by atoms with Crippen LogP contribution in [-0.4, -0.2) is 17.7 Å². The van der Waals surface area contributed by atoms with Crippen molar-refractivity contribution in [3.05, 3.63) is 53.3 Å². The molecular weight excluding hydrogens is 325 g/mol. The highest BCUT2D eigenvalue weighted by molar-refractivity contribution is 6.07. The Morgan fingerprint density at radius 3 is 1.88 bits per heavy atom. The van der Waals surface area contributed by atoms with Gasteiger partial charge in [0.15, 0.2) is 0 Å². The van der Waals surface area contributed by atoms with Crippen molar-refractivity contribution in [3.63, 3.8) is 0 Å². The van der Waals surface area contributed by atoms with Crippen molar-refractivity contribution in [1.29, 1.82) is 0 Å². The minimum Gasteiger partial charge on any atom is -0.326 e. The summed E-state index contributed by atoms with van der Waals surface area (Å²) in [5.74, 6) is -1.45. The molecule has 0 unspecified atom stereocenters. The lowest BCUT2D eigenvalue weighted by atomic mass is 10.1. The maximum atomic E-state index is 13.2. The molecule has 0 fully saturated rings. The topological polar surface area (TPSA) is 87.3 Å². The monoisotopic (exact) mass is 343 g/mol. The highest BCUT2D eigenvalue weighted by atomic mass is 19.1. The van der Waals surface area contributed by atoms with E-state index in [4.69, 9.17) is 0 Å². The summed E-state index contributed by atoms with van der Waals surface area (Å²) in [5, 5.41) is 7.84. The number of aryl methyl sites for hydroxylation is 1. The molecule has 25 heavy (non-hydrogen) atoms. The predicted molar refractivity (Wildman–Crippen MR) is 94.1 cm³/mol. The van der Waals surface area contributed by atoms with E-state index in [0.717, 1.165) is 0 Å². The molecule has 0 spiro atoms. The van der Waals surface area contributed by atoms with Crippen LogP contribution in [0, 0.1) is 12.7 Å². The average Bonchev–Trinajstić information content (AvgIpc) is 2.48. The van der Waals surface area contributed by atoms with Crippen LogP contribution >= 0.6 is 0 Å². The second-order valence-corrected chi connectivity index (χ2v) is 5.57. The number of carbonyl (C=O) groups excluding carboxylic acids is 3. The molecular formula is C18H18FN3O3. The number of nitrogens with one attached hydrogen (secondary N) is 3. The molecule has 0 saturated heterocycles. The van der Waals surface area contributed by atoms with E-state index < -0.39 is 11.7 Å². The second-order valence-electron chi connectivity index (χ2n) is 5.57. The summed E-state index contributed by atoms with van der Waals surface area (Å²) in [7, 11) is 0. The fraction of sp³-hybridized carbons (Fsp3) is 0.167. The van der Waals surface area contributed by atoms with Gasteiger partial charge in [0.1, 0.15) is 5.82 Å². The van der Waals surface area contributed by atoms with E-state index in [1.807, 2.05) is 0 Å². The minimum atomic E-state index is -0.450. The Kier molecular flexibility index (Phi) is 5.49. The van der Waals surface area contributed by atoms with E-state index in [2.05, 4.69) is 16.0 Å². The third-order valence-corrected chi connectivity index (χ3v) is 3.27. The summed E-state index contributed by atoms with van der Waals surface area (Å²) >= 11 is 0. The number of benzene rings is 2. The highest BCUT2D eigenvalue weighted by Gasteiger charge is 2.12. The van der Waals surface area contributed by atoms with Crippen molar-refractivity contribution in [2.75, 3.05) is 16.0 Å². The quantitative estimate of drug-likeness (QED) is 0.796. The van der Waals surface area contributed by atoms with Crippen molar-refractivity contribution in [1.82, 2.24) is 0 Å². The molecule has 0 aliphatic heterocycles. The van der Waals surface area contributed by atoms with Gasteiger partial charge >= 0.3 is 0 Å². The molecule has 3 amide bonds. The van der Waals surface area contributed by atoms with E-state index in [1.54, 1.807) is 13.0 Å². The van der Waals surface area contributed by atoms with Crippen LogP contribution in [0.1, 0.15) is 29.8 Å². The first-order chi connectivity index (χ1) is 11.7. The van der Waals surface area contributed by atoms with E-state index in [9.17, 15) is 18.8 Å². The lowest BCUT2D eigenvalue weighted by molar-refractivity contribution is -0.115. The predicted octanol–water partition coefficient (Wildman–Crippen LogP) is 3.30. The molecule has 2 rings (SSSR count). The van der Waals surface area contributed by atoms with Gasteiger partial charge < -0.3 is 16.0 Å². The second kappa shape index (κ2) is 7.57. The minimum absolute atomic E-state index is 0.235. The van der Waals surface area contributed by atoms with Crippen LogP contribution < -0.4 is 16.0 Å². The summed E-state index contributed by atoms with van der Waals surface area (Å²) in [6.07, 6.45) is 0. The molecule has 2 aromatic carbocycles. The molecule has 0 bridgehead atoms. The van der Waals surface area contributed by atoms with Crippen LogP contribution in [0.3, 0.4) is 0 Å².